The fraction of sp³-hybridized carbons (Fsp3) is 0.538. The van der Waals surface area contributed by atoms with Gasteiger partial charge in [-0.25, -0.2) is 4.39 Å². The molecular weight excluding hydrogens is 233 g/mol. The topological polar surface area (TPSA) is 45.2 Å². The van der Waals surface area contributed by atoms with E-state index in [1.54, 1.807) is 0 Å². The van der Waals surface area contributed by atoms with Crippen LogP contribution in [0.25, 0.3) is 0 Å². The van der Waals surface area contributed by atoms with Crippen LogP contribution in [0.1, 0.15) is 23.7 Å². The third-order valence-electron chi connectivity index (χ3n) is 3.39. The summed E-state index contributed by atoms with van der Waals surface area (Å²) in [5.74, 6) is -0.458. The van der Waals surface area contributed by atoms with Crippen LogP contribution in [-0.2, 0) is 0 Å². The Balaban J connectivity index is 1.84. The van der Waals surface area contributed by atoms with Gasteiger partial charge in [-0.1, -0.05) is 6.92 Å². The number of nitrogens with one attached hydrogen (secondary N) is 1. The zero-order chi connectivity index (χ0) is 13.0. The molecule has 5 heteroatoms. The molecule has 0 saturated carbocycles. The van der Waals surface area contributed by atoms with Gasteiger partial charge in [-0.15, -0.1) is 0 Å². The van der Waals surface area contributed by atoms with E-state index in [2.05, 4.69) is 22.1 Å². The van der Waals surface area contributed by atoms with Gasteiger partial charge in [0.15, 0.2) is 5.82 Å². The Hall–Kier alpha value is -1.49. The van der Waals surface area contributed by atoms with Crippen LogP contribution in [0, 0.1) is 11.7 Å². The highest BCUT2D eigenvalue weighted by molar-refractivity contribution is 5.94. The van der Waals surface area contributed by atoms with E-state index in [0.717, 1.165) is 32.3 Å². The lowest BCUT2D eigenvalue weighted by molar-refractivity contribution is 0.0943. The number of likely N-dealkylation sites (tertiary alicyclic amines) is 1. The molecule has 98 valence electrons. The molecule has 0 radical (unpaired) electrons. The number of amides is 1. The molecule has 1 fully saturated rings. The second-order valence-electron chi connectivity index (χ2n) is 4.61. The highest BCUT2D eigenvalue weighted by Crippen LogP contribution is 2.14. The molecule has 1 atom stereocenters. The average Bonchev–Trinajstić information content (AvgIpc) is 2.84. The maximum atomic E-state index is 13.3. The molecule has 4 nitrogen and oxygen atoms in total. The van der Waals surface area contributed by atoms with E-state index in [-0.39, 0.29) is 11.5 Å². The molecule has 2 heterocycles. The third kappa shape index (κ3) is 3.04. The van der Waals surface area contributed by atoms with Crippen molar-refractivity contribution in [2.24, 2.45) is 5.92 Å². The first-order valence-electron chi connectivity index (χ1n) is 6.30. The fourth-order valence-corrected chi connectivity index (χ4v) is 2.26. The number of carbonyl (C=O) groups is 1. The maximum absolute atomic E-state index is 13.3. The van der Waals surface area contributed by atoms with Gasteiger partial charge in [0.2, 0.25) is 0 Å². The molecule has 1 aliphatic heterocycles. The van der Waals surface area contributed by atoms with E-state index < -0.39 is 5.82 Å². The predicted octanol–water partition coefficient (Wildman–Crippen LogP) is 1.29. The van der Waals surface area contributed by atoms with Crippen molar-refractivity contribution < 1.29 is 9.18 Å². The molecule has 1 N–H and O–H groups in total. The smallest absolute Gasteiger partial charge is 0.254 e. The van der Waals surface area contributed by atoms with Crippen LogP contribution in [-0.4, -0.2) is 42.0 Å². The SMILES string of the molecule is CCN1CC[C@@H](CNC(=O)c2ccncc2F)C1. The van der Waals surface area contributed by atoms with Gasteiger partial charge < -0.3 is 10.2 Å². The van der Waals surface area contributed by atoms with Gasteiger partial charge in [0.1, 0.15) is 0 Å². The molecule has 0 aliphatic carbocycles. The quantitative estimate of drug-likeness (QED) is 0.877. The zero-order valence-electron chi connectivity index (χ0n) is 10.5. The van der Waals surface area contributed by atoms with E-state index in [9.17, 15) is 9.18 Å². The number of rotatable bonds is 4. The van der Waals surface area contributed by atoms with Crippen LogP contribution in [0.3, 0.4) is 0 Å². The Morgan fingerprint density at radius 1 is 1.67 bits per heavy atom. The van der Waals surface area contributed by atoms with Crippen LogP contribution >= 0.6 is 0 Å². The Bertz CT molecular complexity index is 424. The molecular formula is C13H18FN3O. The summed E-state index contributed by atoms with van der Waals surface area (Å²) in [6.07, 6.45) is 3.57. The summed E-state index contributed by atoms with van der Waals surface area (Å²) in [4.78, 5) is 17.8. The normalized spacial score (nSPS) is 20.0. The van der Waals surface area contributed by atoms with Crippen LogP contribution in [0.15, 0.2) is 18.5 Å². The van der Waals surface area contributed by atoms with Crippen LogP contribution < -0.4 is 5.32 Å². The van der Waals surface area contributed by atoms with Gasteiger partial charge in [-0.05, 0) is 31.5 Å². The zero-order valence-corrected chi connectivity index (χ0v) is 10.5. The Morgan fingerprint density at radius 2 is 2.50 bits per heavy atom. The van der Waals surface area contributed by atoms with Crippen LogP contribution in [0.5, 0.6) is 0 Å². The molecule has 1 aromatic heterocycles. The van der Waals surface area contributed by atoms with Gasteiger partial charge >= 0.3 is 0 Å². The van der Waals surface area contributed by atoms with Crippen LogP contribution in [0.4, 0.5) is 4.39 Å². The average molecular weight is 251 g/mol. The minimum absolute atomic E-state index is 0.0651. The Morgan fingerprint density at radius 3 is 3.17 bits per heavy atom. The van der Waals surface area contributed by atoms with E-state index in [1.165, 1.54) is 12.3 Å². The monoisotopic (exact) mass is 251 g/mol. The minimum Gasteiger partial charge on any atom is -0.352 e. The Labute approximate surface area is 106 Å². The molecule has 1 saturated heterocycles. The molecule has 18 heavy (non-hydrogen) atoms. The van der Waals surface area contributed by atoms with Crippen molar-refractivity contribution in [3.63, 3.8) is 0 Å². The molecule has 0 bridgehead atoms. The molecule has 1 aromatic rings. The summed E-state index contributed by atoms with van der Waals surface area (Å²) in [5, 5.41) is 2.79. The fourth-order valence-electron chi connectivity index (χ4n) is 2.26. The predicted molar refractivity (Wildman–Crippen MR) is 66.7 cm³/mol. The number of halogens is 1. The van der Waals surface area contributed by atoms with E-state index in [4.69, 9.17) is 0 Å². The summed E-state index contributed by atoms with van der Waals surface area (Å²) in [7, 11) is 0. The molecule has 1 amide bonds. The van der Waals surface area contributed by atoms with Gasteiger partial charge in [0, 0.05) is 19.3 Å². The van der Waals surface area contributed by atoms with Crippen molar-refractivity contribution >= 4 is 5.91 Å². The van der Waals surface area contributed by atoms with Crippen molar-refractivity contribution in [2.45, 2.75) is 13.3 Å². The lowest BCUT2D eigenvalue weighted by Gasteiger charge is -2.13. The Kier molecular flexibility index (Phi) is 4.25. The van der Waals surface area contributed by atoms with E-state index in [0.29, 0.717) is 12.5 Å². The van der Waals surface area contributed by atoms with Crippen molar-refractivity contribution in [1.29, 1.82) is 0 Å². The van der Waals surface area contributed by atoms with E-state index in [1.807, 2.05) is 0 Å². The summed E-state index contributed by atoms with van der Waals surface area (Å²) in [6.45, 7) is 5.88. The number of carbonyl (C=O) groups excluding carboxylic acids is 1. The molecule has 1 aliphatic rings. The first-order chi connectivity index (χ1) is 8.70. The van der Waals surface area contributed by atoms with Gasteiger partial charge in [-0.3, -0.25) is 9.78 Å². The van der Waals surface area contributed by atoms with Gasteiger partial charge in [0.05, 0.1) is 11.8 Å². The van der Waals surface area contributed by atoms with Crippen molar-refractivity contribution in [3.05, 3.63) is 29.8 Å². The number of hydrogen-bond donors (Lipinski definition) is 1. The van der Waals surface area contributed by atoms with Crippen molar-refractivity contribution in [1.82, 2.24) is 15.2 Å². The molecule has 0 aromatic carbocycles. The number of hydrogen-bond acceptors (Lipinski definition) is 3. The summed E-state index contributed by atoms with van der Waals surface area (Å²) >= 11 is 0. The first-order valence-corrected chi connectivity index (χ1v) is 6.30. The summed E-state index contributed by atoms with van der Waals surface area (Å²) in [6, 6.07) is 1.40. The second kappa shape index (κ2) is 5.91. The van der Waals surface area contributed by atoms with Crippen LogP contribution in [0.2, 0.25) is 0 Å². The molecule has 0 unspecified atom stereocenters. The largest absolute Gasteiger partial charge is 0.352 e. The highest BCUT2D eigenvalue weighted by atomic mass is 19.1. The first kappa shape index (κ1) is 13.0. The number of nitrogens with zero attached hydrogens (tertiary/aromatic N) is 2. The standard InChI is InChI=1S/C13H18FN3O/c1-2-17-6-4-10(9-17)7-16-13(18)11-3-5-15-8-12(11)14/h3,5,8,10H,2,4,6-7,9H2,1H3,(H,16,18)/t10-/m0/s1. The van der Waals surface area contributed by atoms with Gasteiger partial charge in [-0.2, -0.15) is 0 Å². The van der Waals surface area contributed by atoms with E-state index >= 15 is 0 Å². The number of aromatic nitrogens is 1. The number of pyridine rings is 1. The van der Waals surface area contributed by atoms with Crippen molar-refractivity contribution in [2.75, 3.05) is 26.2 Å². The molecule has 2 rings (SSSR count). The second-order valence-corrected chi connectivity index (χ2v) is 4.61. The van der Waals surface area contributed by atoms with Crippen molar-refractivity contribution in [3.8, 4) is 0 Å². The summed E-state index contributed by atoms with van der Waals surface area (Å²) < 4.78 is 13.3. The summed E-state index contributed by atoms with van der Waals surface area (Å²) in [5.41, 5.74) is 0.0651. The maximum Gasteiger partial charge on any atom is 0.254 e. The third-order valence-corrected chi connectivity index (χ3v) is 3.39. The highest BCUT2D eigenvalue weighted by Gasteiger charge is 2.22. The van der Waals surface area contributed by atoms with Gasteiger partial charge in [0.25, 0.3) is 5.91 Å². The lowest BCUT2D eigenvalue weighted by atomic mass is 10.1. The minimum atomic E-state index is -0.573. The molecule has 0 spiro atoms. The lowest BCUT2D eigenvalue weighted by Crippen LogP contribution is -2.31.